The van der Waals surface area contributed by atoms with E-state index in [0.717, 1.165) is 18.7 Å². The normalized spacial score (nSPS) is 15.5. The SMILES string of the molecule is O=C(Nc1ccc(F)c(F)c1F)N1CCN(Cc2cccs2)CC1. The quantitative estimate of drug-likeness (QED) is 0.855. The Bertz CT molecular complexity index is 716. The largest absolute Gasteiger partial charge is 0.322 e. The minimum absolute atomic E-state index is 0.361. The van der Waals surface area contributed by atoms with Crippen LogP contribution in [0.1, 0.15) is 4.88 Å². The molecule has 1 aromatic heterocycles. The van der Waals surface area contributed by atoms with E-state index in [1.165, 1.54) is 9.78 Å². The number of piperazine rings is 1. The van der Waals surface area contributed by atoms with E-state index < -0.39 is 23.5 Å². The van der Waals surface area contributed by atoms with Crippen LogP contribution < -0.4 is 5.32 Å². The van der Waals surface area contributed by atoms with Crippen molar-refractivity contribution in [1.29, 1.82) is 0 Å². The molecular weight excluding hydrogens is 339 g/mol. The molecule has 0 unspecified atom stereocenters. The van der Waals surface area contributed by atoms with Gasteiger partial charge in [0.25, 0.3) is 0 Å². The molecule has 2 heterocycles. The summed E-state index contributed by atoms with van der Waals surface area (Å²) in [5, 5.41) is 4.32. The predicted molar refractivity (Wildman–Crippen MR) is 86.5 cm³/mol. The topological polar surface area (TPSA) is 35.6 Å². The molecule has 8 heteroatoms. The second-order valence-electron chi connectivity index (χ2n) is 5.50. The third-order valence-electron chi connectivity index (χ3n) is 3.90. The highest BCUT2D eigenvalue weighted by Crippen LogP contribution is 2.20. The van der Waals surface area contributed by atoms with Gasteiger partial charge in [0.05, 0.1) is 5.69 Å². The molecule has 0 radical (unpaired) electrons. The standard InChI is InChI=1S/C16H16F3N3OS/c17-12-3-4-13(15(19)14(12)18)20-16(23)22-7-5-21(6-8-22)10-11-2-1-9-24-11/h1-4,9H,5-8,10H2,(H,20,23). The van der Waals surface area contributed by atoms with Crippen LogP contribution in [0.25, 0.3) is 0 Å². The number of anilines is 1. The smallest absolute Gasteiger partial charge is 0.322 e. The molecule has 2 amide bonds. The number of amides is 2. The lowest BCUT2D eigenvalue weighted by atomic mass is 10.2. The fourth-order valence-electron chi connectivity index (χ4n) is 2.55. The maximum atomic E-state index is 13.6. The van der Waals surface area contributed by atoms with Gasteiger partial charge in [-0.2, -0.15) is 0 Å². The number of nitrogens with zero attached hydrogens (tertiary/aromatic N) is 2. The Labute approximate surface area is 141 Å². The molecule has 128 valence electrons. The van der Waals surface area contributed by atoms with Gasteiger partial charge in [-0.15, -0.1) is 11.3 Å². The molecule has 0 atom stereocenters. The van der Waals surface area contributed by atoms with Crippen molar-refractivity contribution in [1.82, 2.24) is 9.80 Å². The van der Waals surface area contributed by atoms with Crippen molar-refractivity contribution >= 4 is 23.1 Å². The fourth-order valence-corrected chi connectivity index (χ4v) is 3.29. The summed E-state index contributed by atoms with van der Waals surface area (Å²) in [6.07, 6.45) is 0. The number of nitrogens with one attached hydrogen (secondary N) is 1. The van der Waals surface area contributed by atoms with E-state index in [1.807, 2.05) is 11.4 Å². The molecule has 2 aromatic rings. The molecule has 1 saturated heterocycles. The van der Waals surface area contributed by atoms with Gasteiger partial charge < -0.3 is 10.2 Å². The van der Waals surface area contributed by atoms with Gasteiger partial charge in [-0.3, -0.25) is 4.90 Å². The number of carbonyl (C=O) groups is 1. The highest BCUT2D eigenvalue weighted by atomic mass is 32.1. The second kappa shape index (κ2) is 7.23. The molecule has 0 bridgehead atoms. The molecule has 1 aromatic carbocycles. The first kappa shape index (κ1) is 16.8. The van der Waals surface area contributed by atoms with Gasteiger partial charge in [-0.1, -0.05) is 6.07 Å². The number of benzene rings is 1. The molecule has 0 aliphatic carbocycles. The first-order valence-electron chi connectivity index (χ1n) is 7.49. The van der Waals surface area contributed by atoms with Gasteiger partial charge in [-0.05, 0) is 23.6 Å². The number of carbonyl (C=O) groups excluding carboxylic acids is 1. The number of urea groups is 1. The summed E-state index contributed by atoms with van der Waals surface area (Å²) in [5.74, 6) is -4.26. The summed E-state index contributed by atoms with van der Waals surface area (Å²) in [4.78, 5) is 17.2. The van der Waals surface area contributed by atoms with Gasteiger partial charge >= 0.3 is 6.03 Å². The lowest BCUT2D eigenvalue weighted by Crippen LogP contribution is -2.49. The van der Waals surface area contributed by atoms with Crippen LogP contribution in [-0.2, 0) is 6.54 Å². The van der Waals surface area contributed by atoms with E-state index >= 15 is 0 Å². The Balaban J connectivity index is 1.55. The third-order valence-corrected chi connectivity index (χ3v) is 4.76. The molecule has 4 nitrogen and oxygen atoms in total. The Morgan fingerprint density at radius 3 is 2.50 bits per heavy atom. The van der Waals surface area contributed by atoms with Gasteiger partial charge in [0.2, 0.25) is 0 Å². The number of halogens is 3. The molecule has 0 saturated carbocycles. The van der Waals surface area contributed by atoms with Gasteiger partial charge in [0.1, 0.15) is 0 Å². The maximum Gasteiger partial charge on any atom is 0.322 e. The predicted octanol–water partition coefficient (Wildman–Crippen LogP) is 3.52. The summed E-state index contributed by atoms with van der Waals surface area (Å²) in [5.41, 5.74) is -0.361. The average molecular weight is 355 g/mol. The van der Waals surface area contributed by atoms with E-state index in [4.69, 9.17) is 0 Å². The van der Waals surface area contributed by atoms with Crippen LogP contribution in [0.3, 0.4) is 0 Å². The number of hydrogen-bond donors (Lipinski definition) is 1. The van der Waals surface area contributed by atoms with Gasteiger partial charge in [-0.25, -0.2) is 18.0 Å². The summed E-state index contributed by atoms with van der Waals surface area (Å²) >= 11 is 1.69. The Morgan fingerprint density at radius 1 is 1.08 bits per heavy atom. The van der Waals surface area contributed by atoms with Gasteiger partial charge in [0.15, 0.2) is 17.5 Å². The zero-order chi connectivity index (χ0) is 17.1. The molecule has 1 aliphatic heterocycles. The van der Waals surface area contributed by atoms with Crippen molar-refractivity contribution in [3.8, 4) is 0 Å². The maximum absolute atomic E-state index is 13.6. The van der Waals surface area contributed by atoms with Crippen LogP contribution in [0, 0.1) is 17.5 Å². The molecule has 0 spiro atoms. The Morgan fingerprint density at radius 2 is 1.83 bits per heavy atom. The number of rotatable bonds is 3. The minimum atomic E-state index is -1.59. The second-order valence-corrected chi connectivity index (χ2v) is 6.53. The van der Waals surface area contributed by atoms with Crippen LogP contribution >= 0.6 is 11.3 Å². The highest BCUT2D eigenvalue weighted by molar-refractivity contribution is 7.09. The van der Waals surface area contributed by atoms with Crippen LogP contribution in [0.4, 0.5) is 23.7 Å². The van der Waals surface area contributed by atoms with Crippen LogP contribution in [0.5, 0.6) is 0 Å². The third kappa shape index (κ3) is 3.70. The zero-order valence-electron chi connectivity index (χ0n) is 12.8. The number of hydrogen-bond acceptors (Lipinski definition) is 3. The molecule has 1 aliphatic rings. The summed E-state index contributed by atoms with van der Waals surface area (Å²) in [6.45, 7) is 3.22. The van der Waals surface area contributed by atoms with E-state index in [0.29, 0.717) is 26.2 Å². The summed E-state index contributed by atoms with van der Waals surface area (Å²) in [6, 6.07) is 5.34. The van der Waals surface area contributed by atoms with Crippen molar-refractivity contribution in [2.75, 3.05) is 31.5 Å². The minimum Gasteiger partial charge on any atom is -0.322 e. The highest BCUT2D eigenvalue weighted by Gasteiger charge is 2.23. The van der Waals surface area contributed by atoms with Crippen molar-refractivity contribution in [2.24, 2.45) is 0 Å². The van der Waals surface area contributed by atoms with Crippen LogP contribution in [-0.4, -0.2) is 42.0 Å². The average Bonchev–Trinajstić information content (AvgIpc) is 3.09. The summed E-state index contributed by atoms with van der Waals surface area (Å²) in [7, 11) is 0. The van der Waals surface area contributed by atoms with Crippen LogP contribution in [0.15, 0.2) is 29.6 Å². The monoisotopic (exact) mass is 355 g/mol. The molecule has 3 rings (SSSR count). The molecule has 1 fully saturated rings. The summed E-state index contributed by atoms with van der Waals surface area (Å²) < 4.78 is 39.7. The van der Waals surface area contributed by atoms with Crippen molar-refractivity contribution in [3.05, 3.63) is 52.0 Å². The lowest BCUT2D eigenvalue weighted by molar-refractivity contribution is 0.143. The van der Waals surface area contributed by atoms with Crippen molar-refractivity contribution in [3.63, 3.8) is 0 Å². The fraction of sp³-hybridized carbons (Fsp3) is 0.312. The Hall–Kier alpha value is -2.06. The first-order chi connectivity index (χ1) is 11.5. The Kier molecular flexibility index (Phi) is 5.06. The van der Waals surface area contributed by atoms with Crippen LogP contribution in [0.2, 0.25) is 0 Å². The van der Waals surface area contributed by atoms with E-state index in [9.17, 15) is 18.0 Å². The first-order valence-corrected chi connectivity index (χ1v) is 8.36. The van der Waals surface area contributed by atoms with E-state index in [1.54, 1.807) is 11.3 Å². The lowest BCUT2D eigenvalue weighted by Gasteiger charge is -2.34. The van der Waals surface area contributed by atoms with E-state index in [-0.39, 0.29) is 5.69 Å². The van der Waals surface area contributed by atoms with Crippen molar-refractivity contribution < 1.29 is 18.0 Å². The van der Waals surface area contributed by atoms with Gasteiger partial charge in [0, 0.05) is 37.6 Å². The molecular formula is C16H16F3N3OS. The molecule has 24 heavy (non-hydrogen) atoms. The van der Waals surface area contributed by atoms with E-state index in [2.05, 4.69) is 16.3 Å². The number of thiophene rings is 1. The molecule has 1 N–H and O–H groups in total. The van der Waals surface area contributed by atoms with Crippen molar-refractivity contribution in [2.45, 2.75) is 6.54 Å². The zero-order valence-corrected chi connectivity index (χ0v) is 13.6.